The van der Waals surface area contributed by atoms with Gasteiger partial charge in [-0.3, -0.25) is 0 Å². The Morgan fingerprint density at radius 2 is 2.43 bits per heavy atom. The van der Waals surface area contributed by atoms with Gasteiger partial charge in [-0.15, -0.1) is 0 Å². The van der Waals surface area contributed by atoms with E-state index in [2.05, 4.69) is 20.9 Å². The summed E-state index contributed by atoms with van der Waals surface area (Å²) in [5.41, 5.74) is 0.836. The van der Waals surface area contributed by atoms with Crippen molar-refractivity contribution in [3.63, 3.8) is 0 Å². The maximum absolute atomic E-state index is 10.6. The van der Waals surface area contributed by atoms with Crippen LogP contribution >= 0.6 is 15.9 Å². The van der Waals surface area contributed by atoms with Gasteiger partial charge in [0.1, 0.15) is 4.60 Å². The monoisotopic (exact) mass is 259 g/mol. The summed E-state index contributed by atoms with van der Waals surface area (Å²) >= 11 is 3.20. The standard InChI is InChI=1S/C9H10BrNO3/c1-14-7(9(12)13)4-6-2-3-8(10)11-5-6/h2-3,5,7H,4H2,1H3,(H,12,13). The molecule has 0 amide bonds. The molecule has 76 valence electrons. The first-order valence-electron chi connectivity index (χ1n) is 3.99. The van der Waals surface area contributed by atoms with Crippen molar-refractivity contribution in [1.29, 1.82) is 0 Å². The molecule has 0 bridgehead atoms. The number of rotatable bonds is 4. The Morgan fingerprint density at radius 1 is 1.71 bits per heavy atom. The minimum absolute atomic E-state index is 0.326. The molecular formula is C9H10BrNO3. The highest BCUT2D eigenvalue weighted by molar-refractivity contribution is 9.10. The molecule has 0 aromatic carbocycles. The summed E-state index contributed by atoms with van der Waals surface area (Å²) in [5.74, 6) is -0.963. The molecule has 0 fully saturated rings. The van der Waals surface area contributed by atoms with E-state index in [1.54, 1.807) is 12.3 Å². The second-order valence-corrected chi connectivity index (χ2v) is 3.57. The van der Waals surface area contributed by atoms with Gasteiger partial charge in [0.2, 0.25) is 0 Å². The molecule has 5 heteroatoms. The van der Waals surface area contributed by atoms with E-state index in [9.17, 15) is 4.79 Å². The summed E-state index contributed by atoms with van der Waals surface area (Å²) in [6, 6.07) is 3.58. The first-order valence-corrected chi connectivity index (χ1v) is 4.79. The smallest absolute Gasteiger partial charge is 0.333 e. The van der Waals surface area contributed by atoms with Gasteiger partial charge in [0.15, 0.2) is 6.10 Å². The van der Waals surface area contributed by atoms with Crippen molar-refractivity contribution in [3.05, 3.63) is 28.5 Å². The number of halogens is 1. The lowest BCUT2D eigenvalue weighted by molar-refractivity contribution is -0.148. The van der Waals surface area contributed by atoms with Crippen LogP contribution in [-0.2, 0) is 16.0 Å². The Morgan fingerprint density at radius 3 is 2.86 bits per heavy atom. The highest BCUT2D eigenvalue weighted by Gasteiger charge is 2.16. The third-order valence-electron chi connectivity index (χ3n) is 1.77. The van der Waals surface area contributed by atoms with Crippen LogP contribution in [0.25, 0.3) is 0 Å². The van der Waals surface area contributed by atoms with Crippen LogP contribution in [0.4, 0.5) is 0 Å². The molecule has 4 nitrogen and oxygen atoms in total. The van der Waals surface area contributed by atoms with Crippen LogP contribution in [0.15, 0.2) is 22.9 Å². The van der Waals surface area contributed by atoms with Crippen molar-refractivity contribution >= 4 is 21.9 Å². The van der Waals surface area contributed by atoms with Gasteiger partial charge >= 0.3 is 5.97 Å². The number of aliphatic carboxylic acids is 1. The molecule has 1 atom stereocenters. The average Bonchev–Trinajstić information content (AvgIpc) is 2.16. The summed E-state index contributed by atoms with van der Waals surface area (Å²) in [4.78, 5) is 14.6. The van der Waals surface area contributed by atoms with E-state index in [0.717, 1.165) is 10.2 Å². The lowest BCUT2D eigenvalue weighted by Crippen LogP contribution is -2.24. The van der Waals surface area contributed by atoms with Crippen molar-refractivity contribution in [3.8, 4) is 0 Å². The van der Waals surface area contributed by atoms with Gasteiger partial charge in [-0.25, -0.2) is 9.78 Å². The van der Waals surface area contributed by atoms with Crippen molar-refractivity contribution < 1.29 is 14.6 Å². The highest BCUT2D eigenvalue weighted by Crippen LogP contribution is 2.09. The molecule has 0 saturated carbocycles. The molecule has 0 radical (unpaired) electrons. The molecule has 1 heterocycles. The lowest BCUT2D eigenvalue weighted by Gasteiger charge is -2.09. The van der Waals surface area contributed by atoms with Gasteiger partial charge in [0, 0.05) is 19.7 Å². The van der Waals surface area contributed by atoms with Gasteiger partial charge in [0.25, 0.3) is 0 Å². The van der Waals surface area contributed by atoms with E-state index < -0.39 is 12.1 Å². The summed E-state index contributed by atoms with van der Waals surface area (Å²) in [5, 5.41) is 8.73. The zero-order chi connectivity index (χ0) is 10.6. The Labute approximate surface area is 90.0 Å². The van der Waals surface area contributed by atoms with Gasteiger partial charge < -0.3 is 9.84 Å². The van der Waals surface area contributed by atoms with Crippen LogP contribution in [0.3, 0.4) is 0 Å². The van der Waals surface area contributed by atoms with E-state index in [0.29, 0.717) is 6.42 Å². The summed E-state index contributed by atoms with van der Waals surface area (Å²) in [7, 11) is 1.38. The van der Waals surface area contributed by atoms with Crippen LogP contribution in [0, 0.1) is 0 Å². The number of carboxylic acid groups (broad SMARTS) is 1. The summed E-state index contributed by atoms with van der Waals surface area (Å²) in [6.45, 7) is 0. The van der Waals surface area contributed by atoms with Gasteiger partial charge in [-0.2, -0.15) is 0 Å². The molecule has 0 saturated heterocycles. The molecule has 0 aliphatic heterocycles. The number of nitrogens with zero attached hydrogens (tertiary/aromatic N) is 1. The first kappa shape index (κ1) is 11.1. The van der Waals surface area contributed by atoms with E-state index in [1.807, 2.05) is 6.07 Å². The fourth-order valence-electron chi connectivity index (χ4n) is 1.01. The third-order valence-corrected chi connectivity index (χ3v) is 2.24. The molecular weight excluding hydrogens is 250 g/mol. The predicted octanol–water partition coefficient (Wildman–Crippen LogP) is 1.49. The van der Waals surface area contributed by atoms with Crippen LogP contribution in [0.1, 0.15) is 5.56 Å². The molecule has 1 N–H and O–H groups in total. The first-order chi connectivity index (χ1) is 6.63. The van der Waals surface area contributed by atoms with Gasteiger partial charge in [0.05, 0.1) is 0 Å². The number of ether oxygens (including phenoxy) is 1. The van der Waals surface area contributed by atoms with Crippen LogP contribution in [-0.4, -0.2) is 29.3 Å². The maximum Gasteiger partial charge on any atom is 0.333 e. The Balaban J connectivity index is 2.67. The second kappa shape index (κ2) is 5.07. The Hall–Kier alpha value is -0.940. The minimum atomic E-state index is -0.963. The normalized spacial score (nSPS) is 12.4. The largest absolute Gasteiger partial charge is 0.479 e. The predicted molar refractivity (Wildman–Crippen MR) is 54.1 cm³/mol. The van der Waals surface area contributed by atoms with Gasteiger partial charge in [-0.1, -0.05) is 6.07 Å². The Kier molecular flexibility index (Phi) is 4.03. The zero-order valence-electron chi connectivity index (χ0n) is 7.61. The van der Waals surface area contributed by atoms with Crippen LogP contribution < -0.4 is 0 Å². The number of pyridine rings is 1. The van der Waals surface area contributed by atoms with Gasteiger partial charge in [-0.05, 0) is 27.6 Å². The highest BCUT2D eigenvalue weighted by atomic mass is 79.9. The summed E-state index contributed by atoms with van der Waals surface area (Å²) < 4.78 is 5.53. The van der Waals surface area contributed by atoms with Crippen molar-refractivity contribution in [2.24, 2.45) is 0 Å². The molecule has 1 aromatic rings. The molecule has 0 aliphatic rings. The molecule has 1 rings (SSSR count). The Bertz CT molecular complexity index is 312. The van der Waals surface area contributed by atoms with E-state index in [1.165, 1.54) is 7.11 Å². The van der Waals surface area contributed by atoms with E-state index in [4.69, 9.17) is 9.84 Å². The van der Waals surface area contributed by atoms with Crippen molar-refractivity contribution in [1.82, 2.24) is 4.98 Å². The number of methoxy groups -OCH3 is 1. The number of aromatic nitrogens is 1. The van der Waals surface area contributed by atoms with E-state index in [-0.39, 0.29) is 0 Å². The second-order valence-electron chi connectivity index (χ2n) is 2.76. The minimum Gasteiger partial charge on any atom is -0.479 e. The molecule has 0 spiro atoms. The van der Waals surface area contributed by atoms with Crippen LogP contribution in [0.2, 0.25) is 0 Å². The lowest BCUT2D eigenvalue weighted by atomic mass is 10.1. The number of carboxylic acids is 1. The zero-order valence-corrected chi connectivity index (χ0v) is 9.19. The van der Waals surface area contributed by atoms with E-state index >= 15 is 0 Å². The number of hydrogen-bond acceptors (Lipinski definition) is 3. The third kappa shape index (κ3) is 3.08. The number of hydrogen-bond donors (Lipinski definition) is 1. The fourth-order valence-corrected chi connectivity index (χ4v) is 1.25. The summed E-state index contributed by atoms with van der Waals surface area (Å²) in [6.07, 6.45) is 1.14. The van der Waals surface area contributed by atoms with Crippen LogP contribution in [0.5, 0.6) is 0 Å². The molecule has 1 unspecified atom stereocenters. The van der Waals surface area contributed by atoms with Crippen molar-refractivity contribution in [2.75, 3.05) is 7.11 Å². The molecule has 1 aromatic heterocycles. The molecule has 0 aliphatic carbocycles. The molecule has 14 heavy (non-hydrogen) atoms. The number of carbonyl (C=O) groups is 1. The average molecular weight is 260 g/mol. The SMILES string of the molecule is COC(Cc1ccc(Br)nc1)C(=O)O. The fraction of sp³-hybridized carbons (Fsp3) is 0.333. The quantitative estimate of drug-likeness (QED) is 0.833. The van der Waals surface area contributed by atoms with Crippen molar-refractivity contribution in [2.45, 2.75) is 12.5 Å². The topological polar surface area (TPSA) is 59.4 Å². The maximum atomic E-state index is 10.6.